The molecule has 0 atom stereocenters. The van der Waals surface area contributed by atoms with E-state index >= 15 is 0 Å². The number of sulfonamides is 1. The minimum atomic E-state index is -3.53. The van der Waals surface area contributed by atoms with Gasteiger partial charge >= 0.3 is 0 Å². The van der Waals surface area contributed by atoms with Crippen LogP contribution in [0.25, 0.3) is 0 Å². The van der Waals surface area contributed by atoms with Crippen molar-refractivity contribution >= 4 is 15.9 Å². The van der Waals surface area contributed by atoms with Crippen molar-refractivity contribution in [2.75, 3.05) is 26.2 Å². The Hall–Kier alpha value is -1.41. The fourth-order valence-corrected chi connectivity index (χ4v) is 4.21. The maximum atomic E-state index is 12.6. The van der Waals surface area contributed by atoms with Gasteiger partial charge in [0, 0.05) is 32.6 Å². The molecule has 8 heteroatoms. The normalized spacial score (nSPS) is 17.4. The molecule has 1 aliphatic heterocycles. The van der Waals surface area contributed by atoms with Crippen LogP contribution in [0.1, 0.15) is 24.7 Å². The summed E-state index contributed by atoms with van der Waals surface area (Å²) in [6, 6.07) is 0. The Morgan fingerprint density at radius 2 is 1.85 bits per heavy atom. The summed E-state index contributed by atoms with van der Waals surface area (Å²) in [5.74, 6) is 0.0673. The zero-order valence-electron chi connectivity index (χ0n) is 12.0. The Kier molecular flexibility index (Phi) is 4.14. The number of aryl methyl sites for hydroxylation is 2. The van der Waals surface area contributed by atoms with Crippen LogP contribution in [0.5, 0.6) is 0 Å². The third-order valence-corrected chi connectivity index (χ3v) is 5.71. The number of hydrogen-bond donors (Lipinski definition) is 1. The Morgan fingerprint density at radius 3 is 2.30 bits per heavy atom. The summed E-state index contributed by atoms with van der Waals surface area (Å²) in [5.41, 5.74) is 1.03. The Balaban J connectivity index is 2.16. The van der Waals surface area contributed by atoms with Crippen LogP contribution in [0, 0.1) is 13.8 Å². The maximum absolute atomic E-state index is 12.6. The van der Waals surface area contributed by atoms with Crippen molar-refractivity contribution in [3.8, 4) is 0 Å². The number of nitrogens with one attached hydrogen (secondary N) is 1. The molecule has 0 bridgehead atoms. The van der Waals surface area contributed by atoms with Gasteiger partial charge in [0.1, 0.15) is 4.90 Å². The molecule has 0 radical (unpaired) electrons. The highest BCUT2D eigenvalue weighted by atomic mass is 32.2. The van der Waals surface area contributed by atoms with Gasteiger partial charge in [-0.15, -0.1) is 0 Å². The van der Waals surface area contributed by atoms with E-state index in [1.165, 1.54) is 4.31 Å². The molecule has 1 aromatic heterocycles. The molecule has 0 unspecified atom stereocenters. The summed E-state index contributed by atoms with van der Waals surface area (Å²) in [6.07, 6.45) is 0.451. The highest BCUT2D eigenvalue weighted by molar-refractivity contribution is 7.89. The van der Waals surface area contributed by atoms with Crippen LogP contribution < -0.4 is 0 Å². The summed E-state index contributed by atoms with van der Waals surface area (Å²) in [4.78, 5) is 13.6. The Bertz CT molecular complexity index is 581. The molecule has 1 saturated heterocycles. The number of amides is 1. The average Bonchev–Trinajstić information content (AvgIpc) is 2.78. The van der Waals surface area contributed by atoms with Crippen molar-refractivity contribution in [2.45, 2.75) is 32.1 Å². The topological polar surface area (TPSA) is 86.4 Å². The lowest BCUT2D eigenvalue weighted by molar-refractivity contribution is -0.132. The van der Waals surface area contributed by atoms with Crippen LogP contribution >= 0.6 is 0 Å². The molecule has 112 valence electrons. The minimum absolute atomic E-state index is 0.0673. The van der Waals surface area contributed by atoms with Crippen molar-refractivity contribution in [1.29, 1.82) is 0 Å². The van der Waals surface area contributed by atoms with Crippen LogP contribution in [-0.2, 0) is 14.8 Å². The van der Waals surface area contributed by atoms with Crippen molar-refractivity contribution < 1.29 is 13.2 Å². The fraction of sp³-hybridized carbons (Fsp3) is 0.667. The summed E-state index contributed by atoms with van der Waals surface area (Å²) in [5, 5.41) is 6.64. The van der Waals surface area contributed by atoms with Crippen molar-refractivity contribution in [3.63, 3.8) is 0 Å². The first-order valence-corrected chi connectivity index (χ1v) is 8.11. The lowest BCUT2D eigenvalue weighted by Gasteiger charge is -2.33. The number of carbonyl (C=O) groups is 1. The van der Waals surface area contributed by atoms with Gasteiger partial charge in [-0.05, 0) is 13.8 Å². The van der Waals surface area contributed by atoms with Gasteiger partial charge in [-0.25, -0.2) is 8.42 Å². The molecule has 7 nitrogen and oxygen atoms in total. The number of piperazine rings is 1. The predicted molar refractivity (Wildman–Crippen MR) is 73.7 cm³/mol. The van der Waals surface area contributed by atoms with Crippen LogP contribution in [0.2, 0.25) is 0 Å². The van der Waals surface area contributed by atoms with E-state index in [9.17, 15) is 13.2 Å². The second-order valence-corrected chi connectivity index (χ2v) is 6.78. The summed E-state index contributed by atoms with van der Waals surface area (Å²) < 4.78 is 26.6. The molecule has 0 aromatic carbocycles. The first kappa shape index (κ1) is 15.0. The molecular weight excluding hydrogens is 280 g/mol. The third-order valence-electron chi connectivity index (χ3n) is 3.55. The zero-order chi connectivity index (χ0) is 14.9. The lowest BCUT2D eigenvalue weighted by atomic mass is 10.3. The Labute approximate surface area is 119 Å². The number of aromatic amines is 1. The fourth-order valence-electron chi connectivity index (χ4n) is 2.45. The molecule has 1 N–H and O–H groups in total. The van der Waals surface area contributed by atoms with E-state index in [1.54, 1.807) is 18.7 Å². The van der Waals surface area contributed by atoms with Crippen LogP contribution in [-0.4, -0.2) is 59.9 Å². The van der Waals surface area contributed by atoms with E-state index in [2.05, 4.69) is 10.2 Å². The molecule has 1 fully saturated rings. The number of nitrogens with zero attached hydrogens (tertiary/aromatic N) is 3. The molecule has 0 aliphatic carbocycles. The van der Waals surface area contributed by atoms with Gasteiger partial charge in [-0.3, -0.25) is 9.89 Å². The van der Waals surface area contributed by atoms with E-state index in [1.807, 2.05) is 6.92 Å². The van der Waals surface area contributed by atoms with Crippen LogP contribution in [0.15, 0.2) is 4.90 Å². The van der Waals surface area contributed by atoms with E-state index < -0.39 is 10.0 Å². The molecule has 1 amide bonds. The smallest absolute Gasteiger partial charge is 0.246 e. The van der Waals surface area contributed by atoms with E-state index in [4.69, 9.17) is 0 Å². The molecule has 1 aromatic rings. The van der Waals surface area contributed by atoms with Crippen LogP contribution in [0.3, 0.4) is 0 Å². The lowest BCUT2D eigenvalue weighted by Crippen LogP contribution is -2.50. The molecule has 0 saturated carbocycles. The van der Waals surface area contributed by atoms with E-state index in [-0.39, 0.29) is 10.8 Å². The monoisotopic (exact) mass is 300 g/mol. The second-order valence-electron chi connectivity index (χ2n) is 4.90. The van der Waals surface area contributed by atoms with Crippen molar-refractivity contribution in [1.82, 2.24) is 19.4 Å². The highest BCUT2D eigenvalue weighted by Gasteiger charge is 2.32. The number of rotatable bonds is 3. The largest absolute Gasteiger partial charge is 0.340 e. The van der Waals surface area contributed by atoms with Crippen LogP contribution in [0.4, 0.5) is 0 Å². The summed E-state index contributed by atoms with van der Waals surface area (Å²) in [6.45, 7) is 6.74. The first-order chi connectivity index (χ1) is 9.37. The molecular formula is C12H20N4O3S. The Morgan fingerprint density at radius 1 is 1.25 bits per heavy atom. The summed E-state index contributed by atoms with van der Waals surface area (Å²) in [7, 11) is -3.53. The van der Waals surface area contributed by atoms with Gasteiger partial charge in [0.05, 0.1) is 11.4 Å². The molecule has 1 aliphatic rings. The first-order valence-electron chi connectivity index (χ1n) is 6.67. The van der Waals surface area contributed by atoms with Gasteiger partial charge in [0.25, 0.3) is 0 Å². The average molecular weight is 300 g/mol. The quantitative estimate of drug-likeness (QED) is 0.868. The number of H-pyrrole nitrogens is 1. The molecule has 0 spiro atoms. The van der Waals surface area contributed by atoms with Gasteiger partial charge in [0.15, 0.2) is 0 Å². The molecule has 2 rings (SSSR count). The summed E-state index contributed by atoms with van der Waals surface area (Å²) >= 11 is 0. The zero-order valence-corrected chi connectivity index (χ0v) is 12.8. The number of hydrogen-bond acceptors (Lipinski definition) is 4. The van der Waals surface area contributed by atoms with Crippen molar-refractivity contribution in [3.05, 3.63) is 11.4 Å². The number of aromatic nitrogens is 2. The second kappa shape index (κ2) is 5.53. The van der Waals surface area contributed by atoms with Gasteiger partial charge < -0.3 is 4.90 Å². The van der Waals surface area contributed by atoms with Gasteiger partial charge in [-0.1, -0.05) is 6.92 Å². The SMILES string of the molecule is CCC(=O)N1CCN(S(=O)(=O)c2c(C)n[nH]c2C)CC1. The highest BCUT2D eigenvalue weighted by Crippen LogP contribution is 2.22. The standard InChI is InChI=1S/C12H20N4O3S/c1-4-11(17)15-5-7-16(8-6-15)20(18,19)12-9(2)13-14-10(12)3/h4-8H2,1-3H3,(H,13,14). The maximum Gasteiger partial charge on any atom is 0.246 e. The molecule has 2 heterocycles. The van der Waals surface area contributed by atoms with Crippen molar-refractivity contribution in [2.24, 2.45) is 0 Å². The van der Waals surface area contributed by atoms with Gasteiger partial charge in [-0.2, -0.15) is 9.40 Å². The van der Waals surface area contributed by atoms with Gasteiger partial charge in [0.2, 0.25) is 15.9 Å². The van der Waals surface area contributed by atoms with E-state index in [0.29, 0.717) is 44.0 Å². The third kappa shape index (κ3) is 2.57. The minimum Gasteiger partial charge on any atom is -0.340 e. The molecule has 20 heavy (non-hydrogen) atoms. The number of carbonyl (C=O) groups excluding carboxylic acids is 1. The van der Waals surface area contributed by atoms with E-state index in [0.717, 1.165) is 0 Å². The predicted octanol–water partition coefficient (Wildman–Crippen LogP) is 0.269.